The average Bonchev–Trinajstić information content (AvgIpc) is 2.71. The van der Waals surface area contributed by atoms with E-state index in [4.69, 9.17) is 0 Å². The van der Waals surface area contributed by atoms with Crippen molar-refractivity contribution in [3.8, 4) is 0 Å². The van der Waals surface area contributed by atoms with E-state index in [1.54, 1.807) is 0 Å². The van der Waals surface area contributed by atoms with Crippen molar-refractivity contribution in [1.82, 2.24) is 10.2 Å². The number of rotatable bonds is 8. The van der Waals surface area contributed by atoms with Crippen LogP contribution in [0.2, 0.25) is 0 Å². The Morgan fingerprint density at radius 1 is 1.25 bits per heavy atom. The zero-order valence-corrected chi connectivity index (χ0v) is 10.7. The Hall–Kier alpha value is -0.700. The van der Waals surface area contributed by atoms with Crippen LogP contribution in [0.3, 0.4) is 0 Å². The fraction of sp³-hybridized carbons (Fsp3) is 0.846. The van der Waals surface area contributed by atoms with Crippen LogP contribution in [0, 0.1) is 0 Å². The predicted molar refractivity (Wildman–Crippen MR) is 67.6 cm³/mol. The highest BCUT2D eigenvalue weighted by Crippen LogP contribution is 2.15. The summed E-state index contributed by atoms with van der Waals surface area (Å²) in [5, 5.41) is 12.8. The number of hydrogen-bond donors (Lipinski definition) is 2. The lowest BCUT2D eigenvalue weighted by atomic mass is 10.1. The lowest BCUT2D eigenvalue weighted by molar-refractivity contribution is 0.0254. The molecule has 0 aromatic heterocycles. The largest absolute Gasteiger partial charge is 0.374 e. The molecule has 0 radical (unpaired) electrons. The maximum absolute atomic E-state index is 9.53. The summed E-state index contributed by atoms with van der Waals surface area (Å²) in [6.07, 6.45) is 12.8. The van der Waals surface area contributed by atoms with Crippen LogP contribution in [0.25, 0.3) is 0 Å². The molecule has 2 unspecified atom stereocenters. The summed E-state index contributed by atoms with van der Waals surface area (Å²) in [5.74, 6) is 0. The van der Waals surface area contributed by atoms with Gasteiger partial charge in [-0.2, -0.15) is 0 Å². The van der Waals surface area contributed by atoms with E-state index < -0.39 is 6.23 Å². The number of aliphatic hydroxyl groups excluding tert-OH is 1. The molecule has 0 aromatic carbocycles. The fourth-order valence-electron chi connectivity index (χ4n) is 2.17. The highest BCUT2D eigenvalue weighted by Gasteiger charge is 2.20. The summed E-state index contributed by atoms with van der Waals surface area (Å²) in [6.45, 7) is 4.06. The van der Waals surface area contributed by atoms with Gasteiger partial charge in [0, 0.05) is 12.4 Å². The van der Waals surface area contributed by atoms with Crippen molar-refractivity contribution in [3.63, 3.8) is 0 Å². The van der Waals surface area contributed by atoms with Crippen molar-refractivity contribution in [2.75, 3.05) is 0 Å². The van der Waals surface area contributed by atoms with Gasteiger partial charge in [-0.25, -0.2) is 0 Å². The van der Waals surface area contributed by atoms with Gasteiger partial charge in [0.25, 0.3) is 0 Å². The van der Waals surface area contributed by atoms with E-state index in [-0.39, 0.29) is 0 Å². The lowest BCUT2D eigenvalue weighted by Crippen LogP contribution is -2.40. The SMILES string of the molecule is CCCCCCCCC1NC=CN1C(C)O. The smallest absolute Gasteiger partial charge is 0.125 e. The first kappa shape index (κ1) is 13.4. The number of aliphatic hydroxyl groups is 1. The summed E-state index contributed by atoms with van der Waals surface area (Å²) in [7, 11) is 0. The van der Waals surface area contributed by atoms with Crippen molar-refractivity contribution in [2.24, 2.45) is 0 Å². The number of unbranched alkanes of at least 4 members (excludes halogenated alkanes) is 5. The van der Waals surface area contributed by atoms with Crippen LogP contribution >= 0.6 is 0 Å². The number of nitrogens with one attached hydrogen (secondary N) is 1. The first-order valence-electron chi connectivity index (χ1n) is 6.64. The molecular weight excluding hydrogens is 200 g/mol. The molecule has 0 spiro atoms. The minimum absolute atomic E-state index is 0.297. The van der Waals surface area contributed by atoms with E-state index in [9.17, 15) is 5.11 Å². The first-order valence-corrected chi connectivity index (χ1v) is 6.64. The number of hydrogen-bond acceptors (Lipinski definition) is 3. The Kier molecular flexibility index (Phi) is 6.31. The normalized spacial score (nSPS) is 21.2. The maximum atomic E-state index is 9.53. The molecule has 16 heavy (non-hydrogen) atoms. The second kappa shape index (κ2) is 7.55. The van der Waals surface area contributed by atoms with Crippen molar-refractivity contribution >= 4 is 0 Å². The zero-order chi connectivity index (χ0) is 11.8. The molecule has 0 amide bonds. The second-order valence-corrected chi connectivity index (χ2v) is 4.63. The molecule has 0 bridgehead atoms. The molecule has 1 aliphatic heterocycles. The number of nitrogens with zero attached hydrogens (tertiary/aromatic N) is 1. The first-order chi connectivity index (χ1) is 7.75. The highest BCUT2D eigenvalue weighted by molar-refractivity contribution is 4.94. The molecule has 1 heterocycles. The Morgan fingerprint density at radius 2 is 1.94 bits per heavy atom. The second-order valence-electron chi connectivity index (χ2n) is 4.63. The Morgan fingerprint density at radius 3 is 2.62 bits per heavy atom. The predicted octanol–water partition coefficient (Wildman–Crippen LogP) is 2.78. The zero-order valence-electron chi connectivity index (χ0n) is 10.7. The van der Waals surface area contributed by atoms with E-state index >= 15 is 0 Å². The van der Waals surface area contributed by atoms with Crippen molar-refractivity contribution < 1.29 is 5.11 Å². The minimum Gasteiger partial charge on any atom is -0.374 e. The van der Waals surface area contributed by atoms with Gasteiger partial charge in [-0.05, 0) is 19.8 Å². The lowest BCUT2D eigenvalue weighted by Gasteiger charge is -2.28. The molecule has 0 fully saturated rings. The van der Waals surface area contributed by atoms with Gasteiger partial charge in [0.1, 0.15) is 12.4 Å². The van der Waals surface area contributed by atoms with Crippen LogP contribution in [-0.4, -0.2) is 22.4 Å². The third-order valence-electron chi connectivity index (χ3n) is 3.16. The molecular formula is C13H26N2O. The summed E-state index contributed by atoms with van der Waals surface area (Å²) in [6, 6.07) is 0. The Labute approximate surface area is 99.5 Å². The molecule has 3 heteroatoms. The van der Waals surface area contributed by atoms with Crippen LogP contribution in [0.4, 0.5) is 0 Å². The third-order valence-corrected chi connectivity index (χ3v) is 3.16. The van der Waals surface area contributed by atoms with Gasteiger partial charge < -0.3 is 15.3 Å². The van der Waals surface area contributed by atoms with Crippen molar-refractivity contribution in [1.29, 1.82) is 0 Å². The Balaban J connectivity index is 2.04. The molecule has 0 saturated heterocycles. The standard InChI is InChI=1S/C13H26N2O/c1-3-4-5-6-7-8-9-13-14-10-11-15(13)12(2)16/h10-14,16H,3-9H2,1-2H3. The molecule has 0 aromatic rings. The molecule has 0 saturated carbocycles. The molecule has 94 valence electrons. The van der Waals surface area contributed by atoms with Crippen LogP contribution in [0.5, 0.6) is 0 Å². The van der Waals surface area contributed by atoms with Crippen LogP contribution < -0.4 is 5.32 Å². The Bertz CT molecular complexity index is 204. The van der Waals surface area contributed by atoms with Gasteiger partial charge in [-0.15, -0.1) is 0 Å². The van der Waals surface area contributed by atoms with Crippen molar-refractivity contribution in [3.05, 3.63) is 12.4 Å². The molecule has 0 aliphatic carbocycles. The van der Waals surface area contributed by atoms with Crippen LogP contribution in [0.15, 0.2) is 12.4 Å². The van der Waals surface area contributed by atoms with Gasteiger partial charge in [0.2, 0.25) is 0 Å². The van der Waals surface area contributed by atoms with E-state index in [0.717, 1.165) is 6.42 Å². The summed E-state index contributed by atoms with van der Waals surface area (Å²) in [5.41, 5.74) is 0. The quantitative estimate of drug-likeness (QED) is 0.625. The molecule has 1 aliphatic rings. The fourth-order valence-corrected chi connectivity index (χ4v) is 2.17. The van der Waals surface area contributed by atoms with Crippen LogP contribution in [-0.2, 0) is 0 Å². The molecule has 1 rings (SSSR count). The van der Waals surface area contributed by atoms with E-state index in [1.165, 1.54) is 38.5 Å². The average molecular weight is 226 g/mol. The van der Waals surface area contributed by atoms with Gasteiger partial charge in [0.05, 0.1) is 0 Å². The summed E-state index contributed by atoms with van der Waals surface area (Å²) >= 11 is 0. The van der Waals surface area contributed by atoms with Gasteiger partial charge >= 0.3 is 0 Å². The summed E-state index contributed by atoms with van der Waals surface area (Å²) in [4.78, 5) is 1.98. The summed E-state index contributed by atoms with van der Waals surface area (Å²) < 4.78 is 0. The highest BCUT2D eigenvalue weighted by atomic mass is 16.3. The monoisotopic (exact) mass is 226 g/mol. The maximum Gasteiger partial charge on any atom is 0.125 e. The van der Waals surface area contributed by atoms with Gasteiger partial charge in [0.15, 0.2) is 0 Å². The molecule has 3 nitrogen and oxygen atoms in total. The van der Waals surface area contributed by atoms with Gasteiger partial charge in [-0.3, -0.25) is 0 Å². The van der Waals surface area contributed by atoms with Gasteiger partial charge in [-0.1, -0.05) is 39.0 Å². The van der Waals surface area contributed by atoms with Crippen LogP contribution in [0.1, 0.15) is 58.8 Å². The molecule has 2 N–H and O–H groups in total. The minimum atomic E-state index is -0.392. The topological polar surface area (TPSA) is 35.5 Å². The van der Waals surface area contributed by atoms with Crippen molar-refractivity contribution in [2.45, 2.75) is 71.2 Å². The van der Waals surface area contributed by atoms with E-state index in [1.807, 2.05) is 24.2 Å². The third kappa shape index (κ3) is 4.44. The van der Waals surface area contributed by atoms with E-state index in [0.29, 0.717) is 6.17 Å². The van der Waals surface area contributed by atoms with E-state index in [2.05, 4.69) is 12.2 Å². The molecule has 2 atom stereocenters.